The van der Waals surface area contributed by atoms with Crippen LogP contribution in [0, 0.1) is 5.92 Å². The van der Waals surface area contributed by atoms with E-state index in [-0.39, 0.29) is 24.8 Å². The molecule has 2 amide bonds. The first-order valence-electron chi connectivity index (χ1n) is 7.38. The Kier molecular flexibility index (Phi) is 7.54. The summed E-state index contributed by atoms with van der Waals surface area (Å²) in [6.45, 7) is 3.44. The summed E-state index contributed by atoms with van der Waals surface area (Å²) in [5, 5.41) is 14.5. The molecule has 6 nitrogen and oxygen atoms in total. The van der Waals surface area contributed by atoms with Gasteiger partial charge in [-0.1, -0.05) is 43.6 Å². The Hall–Kier alpha value is -2.08. The summed E-state index contributed by atoms with van der Waals surface area (Å²) >= 11 is 6.06. The summed E-state index contributed by atoms with van der Waals surface area (Å²) in [7, 11) is 0. The van der Waals surface area contributed by atoms with E-state index in [0.29, 0.717) is 17.0 Å². The van der Waals surface area contributed by atoms with Crippen LogP contribution in [0.25, 0.3) is 0 Å². The molecular weight excluding hydrogens is 320 g/mol. The molecule has 126 valence electrons. The topological polar surface area (TPSA) is 95.5 Å². The molecule has 1 aromatic rings. The molecule has 3 N–H and O–H groups in total. The number of rotatable bonds is 8. The van der Waals surface area contributed by atoms with Gasteiger partial charge >= 0.3 is 5.97 Å². The van der Waals surface area contributed by atoms with E-state index in [1.807, 2.05) is 6.92 Å². The van der Waals surface area contributed by atoms with Gasteiger partial charge in [0.1, 0.15) is 0 Å². The Morgan fingerprint density at radius 2 is 1.91 bits per heavy atom. The zero-order valence-electron chi connectivity index (χ0n) is 13.1. The van der Waals surface area contributed by atoms with Crippen molar-refractivity contribution in [3.05, 3.63) is 34.9 Å². The van der Waals surface area contributed by atoms with Crippen molar-refractivity contribution in [1.29, 1.82) is 0 Å². The molecule has 0 aliphatic rings. The quantitative estimate of drug-likeness (QED) is 0.675. The van der Waals surface area contributed by atoms with Crippen LogP contribution in [-0.2, 0) is 14.4 Å². The normalized spacial score (nSPS) is 13.0. The number of hydrogen-bond acceptors (Lipinski definition) is 3. The molecule has 0 aliphatic heterocycles. The van der Waals surface area contributed by atoms with Crippen molar-refractivity contribution in [1.82, 2.24) is 10.6 Å². The average molecular weight is 341 g/mol. The molecule has 0 unspecified atom stereocenters. The van der Waals surface area contributed by atoms with Crippen molar-refractivity contribution in [2.75, 3.05) is 6.54 Å². The van der Waals surface area contributed by atoms with Crippen LogP contribution >= 0.6 is 11.6 Å². The molecule has 2 atom stereocenters. The highest BCUT2D eigenvalue weighted by Crippen LogP contribution is 2.24. The predicted molar refractivity (Wildman–Crippen MR) is 87.1 cm³/mol. The van der Waals surface area contributed by atoms with E-state index >= 15 is 0 Å². The smallest absolute Gasteiger partial charge is 0.305 e. The van der Waals surface area contributed by atoms with Gasteiger partial charge in [0.2, 0.25) is 11.8 Å². The molecule has 0 heterocycles. The third-order valence-corrected chi connectivity index (χ3v) is 3.82. The summed E-state index contributed by atoms with van der Waals surface area (Å²) < 4.78 is 0. The lowest BCUT2D eigenvalue weighted by atomic mass is 10.0. The van der Waals surface area contributed by atoms with Gasteiger partial charge in [-0.05, 0) is 18.1 Å². The van der Waals surface area contributed by atoms with Gasteiger partial charge in [-0.15, -0.1) is 0 Å². The number of carboxylic acids is 1. The molecular formula is C16H21ClN2O4. The lowest BCUT2D eigenvalue weighted by Crippen LogP contribution is -2.40. The average Bonchev–Trinajstić information content (AvgIpc) is 2.51. The number of carbonyl (C=O) groups is 3. The Morgan fingerprint density at radius 1 is 1.26 bits per heavy atom. The minimum atomic E-state index is -1.06. The van der Waals surface area contributed by atoms with Crippen LogP contribution in [0.4, 0.5) is 0 Å². The summed E-state index contributed by atoms with van der Waals surface area (Å²) in [6, 6.07) is 5.97. The lowest BCUT2D eigenvalue weighted by molar-refractivity contribution is -0.138. The first-order chi connectivity index (χ1) is 10.8. The summed E-state index contributed by atoms with van der Waals surface area (Å²) in [5.41, 5.74) is 0.526. The molecule has 7 heteroatoms. The largest absolute Gasteiger partial charge is 0.481 e. The van der Waals surface area contributed by atoms with Gasteiger partial charge in [0.25, 0.3) is 0 Å². The minimum Gasteiger partial charge on any atom is -0.481 e. The molecule has 1 aromatic carbocycles. The zero-order chi connectivity index (χ0) is 17.4. The zero-order valence-corrected chi connectivity index (χ0v) is 13.9. The maximum absolute atomic E-state index is 12.0. The van der Waals surface area contributed by atoms with Crippen LogP contribution in [0.2, 0.25) is 5.02 Å². The van der Waals surface area contributed by atoms with Crippen LogP contribution in [0.3, 0.4) is 0 Å². The van der Waals surface area contributed by atoms with Crippen molar-refractivity contribution in [3.63, 3.8) is 0 Å². The van der Waals surface area contributed by atoms with Gasteiger partial charge in [-0.2, -0.15) is 0 Å². The molecule has 0 fully saturated rings. The SMILES string of the molecule is CC[C@@H](C)C(=O)NCC(=O)N[C@H](CC(=O)O)c1ccccc1Cl. The van der Waals surface area contributed by atoms with Crippen LogP contribution < -0.4 is 10.6 Å². The number of benzene rings is 1. The van der Waals surface area contributed by atoms with Crippen molar-refractivity contribution >= 4 is 29.4 Å². The van der Waals surface area contributed by atoms with E-state index in [1.54, 1.807) is 31.2 Å². The van der Waals surface area contributed by atoms with E-state index in [4.69, 9.17) is 16.7 Å². The third kappa shape index (κ3) is 6.28. The summed E-state index contributed by atoms with van der Waals surface area (Å²) in [4.78, 5) is 34.6. The molecule has 1 rings (SSSR count). The summed E-state index contributed by atoms with van der Waals surface area (Å²) in [5.74, 6) is -1.91. The van der Waals surface area contributed by atoms with E-state index < -0.39 is 17.9 Å². The number of amides is 2. The molecule has 0 bridgehead atoms. The van der Waals surface area contributed by atoms with Crippen LogP contribution in [0.15, 0.2) is 24.3 Å². The Balaban J connectivity index is 2.71. The van der Waals surface area contributed by atoms with Gasteiger partial charge in [0.15, 0.2) is 0 Å². The van der Waals surface area contributed by atoms with Crippen molar-refractivity contribution in [3.8, 4) is 0 Å². The first-order valence-corrected chi connectivity index (χ1v) is 7.76. The fourth-order valence-corrected chi connectivity index (χ4v) is 2.21. The molecule has 0 aliphatic carbocycles. The highest BCUT2D eigenvalue weighted by Gasteiger charge is 2.20. The molecule has 0 saturated heterocycles. The maximum atomic E-state index is 12.0. The van der Waals surface area contributed by atoms with Crippen LogP contribution in [0.5, 0.6) is 0 Å². The van der Waals surface area contributed by atoms with Crippen molar-refractivity contribution in [2.45, 2.75) is 32.7 Å². The predicted octanol–water partition coefficient (Wildman–Crippen LogP) is 2.13. The highest BCUT2D eigenvalue weighted by atomic mass is 35.5. The van der Waals surface area contributed by atoms with E-state index in [9.17, 15) is 14.4 Å². The van der Waals surface area contributed by atoms with E-state index in [0.717, 1.165) is 0 Å². The van der Waals surface area contributed by atoms with Crippen LogP contribution in [-0.4, -0.2) is 29.4 Å². The Morgan fingerprint density at radius 3 is 2.48 bits per heavy atom. The molecule has 0 radical (unpaired) electrons. The maximum Gasteiger partial charge on any atom is 0.305 e. The van der Waals surface area contributed by atoms with Gasteiger partial charge in [-0.3, -0.25) is 14.4 Å². The van der Waals surface area contributed by atoms with Gasteiger partial charge in [0, 0.05) is 10.9 Å². The Bertz CT molecular complexity index is 577. The molecule has 0 spiro atoms. The van der Waals surface area contributed by atoms with E-state index in [2.05, 4.69) is 10.6 Å². The van der Waals surface area contributed by atoms with Gasteiger partial charge < -0.3 is 15.7 Å². The van der Waals surface area contributed by atoms with E-state index in [1.165, 1.54) is 0 Å². The fourth-order valence-electron chi connectivity index (χ4n) is 1.94. The number of carboxylic acid groups (broad SMARTS) is 1. The molecule has 0 saturated carbocycles. The molecule has 23 heavy (non-hydrogen) atoms. The standard InChI is InChI=1S/C16H21ClN2O4/c1-3-10(2)16(23)18-9-14(20)19-13(8-15(21)22)11-6-4-5-7-12(11)17/h4-7,10,13H,3,8-9H2,1-2H3,(H,18,23)(H,19,20)(H,21,22)/t10-,13-/m1/s1. The number of hydrogen-bond donors (Lipinski definition) is 3. The number of aliphatic carboxylic acids is 1. The second kappa shape index (κ2) is 9.15. The van der Waals surface area contributed by atoms with Gasteiger partial charge in [-0.25, -0.2) is 0 Å². The first kappa shape index (κ1) is 19.0. The Labute approximate surface area is 140 Å². The van der Waals surface area contributed by atoms with Gasteiger partial charge in [0.05, 0.1) is 19.0 Å². The second-order valence-electron chi connectivity index (χ2n) is 5.27. The molecule has 0 aromatic heterocycles. The van der Waals surface area contributed by atoms with Crippen molar-refractivity contribution in [2.24, 2.45) is 5.92 Å². The minimum absolute atomic E-state index is 0.179. The monoisotopic (exact) mass is 340 g/mol. The van der Waals surface area contributed by atoms with Crippen LogP contribution in [0.1, 0.15) is 38.3 Å². The third-order valence-electron chi connectivity index (χ3n) is 3.48. The number of carbonyl (C=O) groups excluding carboxylic acids is 2. The highest BCUT2D eigenvalue weighted by molar-refractivity contribution is 6.31. The fraction of sp³-hybridized carbons (Fsp3) is 0.438. The second-order valence-corrected chi connectivity index (χ2v) is 5.67. The summed E-state index contributed by atoms with van der Waals surface area (Å²) in [6.07, 6.45) is 0.378. The number of nitrogens with one attached hydrogen (secondary N) is 2. The lowest BCUT2D eigenvalue weighted by Gasteiger charge is -2.19. The number of halogens is 1. The van der Waals surface area contributed by atoms with Crippen molar-refractivity contribution < 1.29 is 19.5 Å².